The van der Waals surface area contributed by atoms with Gasteiger partial charge in [0.25, 0.3) is 0 Å². The number of carbonyl (C=O) groups is 1. The Labute approximate surface area is 86.0 Å². The first-order valence-corrected chi connectivity index (χ1v) is 4.41. The summed E-state index contributed by atoms with van der Waals surface area (Å²) in [6, 6.07) is 7.27. The molecule has 0 atom stereocenters. The predicted octanol–water partition coefficient (Wildman–Crippen LogP) is 0.894. The van der Waals surface area contributed by atoms with E-state index in [1.807, 2.05) is 12.1 Å². The summed E-state index contributed by atoms with van der Waals surface area (Å²) in [4.78, 5) is 10.5. The Bertz CT molecular complexity index is 465. The largest absolute Gasteiger partial charge is 0.481 e. The van der Waals surface area contributed by atoms with Crippen molar-refractivity contribution >= 4 is 5.97 Å². The fraction of sp³-hybridized carbons (Fsp3) is 0.100. The molecule has 0 aliphatic carbocycles. The molecule has 2 rings (SSSR count). The van der Waals surface area contributed by atoms with Gasteiger partial charge in [0.05, 0.1) is 6.42 Å². The van der Waals surface area contributed by atoms with Crippen LogP contribution in [0, 0.1) is 0 Å². The predicted molar refractivity (Wildman–Crippen MR) is 52.7 cm³/mol. The molecule has 5 nitrogen and oxygen atoms in total. The first-order chi connectivity index (χ1) is 7.25. The van der Waals surface area contributed by atoms with Crippen molar-refractivity contribution < 1.29 is 9.90 Å². The van der Waals surface area contributed by atoms with E-state index in [1.165, 1.54) is 0 Å². The third-order valence-corrected chi connectivity index (χ3v) is 1.98. The topological polar surface area (TPSA) is 68.0 Å². The molecular formula is C10H9N3O2. The molecule has 0 radical (unpaired) electrons. The van der Waals surface area contributed by atoms with E-state index in [9.17, 15) is 4.79 Å². The summed E-state index contributed by atoms with van der Waals surface area (Å²) in [6.07, 6.45) is 3.16. The molecule has 2 aromatic rings. The third kappa shape index (κ3) is 2.19. The van der Waals surface area contributed by atoms with Gasteiger partial charge in [-0.2, -0.15) is 0 Å². The number of hydrogen-bond acceptors (Lipinski definition) is 3. The second kappa shape index (κ2) is 3.91. The Morgan fingerprint density at radius 3 is 2.73 bits per heavy atom. The molecule has 1 heterocycles. The molecule has 1 aromatic heterocycles. The standard InChI is InChI=1S/C10H9N3O2/c14-10(15)5-8-2-1-3-9(4-8)13-6-11-12-7-13/h1-4,6-7H,5H2,(H,14,15). The molecule has 15 heavy (non-hydrogen) atoms. The molecule has 1 N–H and O–H groups in total. The maximum Gasteiger partial charge on any atom is 0.307 e. The highest BCUT2D eigenvalue weighted by molar-refractivity contribution is 5.70. The highest BCUT2D eigenvalue weighted by Crippen LogP contribution is 2.10. The van der Waals surface area contributed by atoms with Crippen LogP contribution >= 0.6 is 0 Å². The minimum atomic E-state index is -0.837. The van der Waals surface area contributed by atoms with E-state index in [0.29, 0.717) is 0 Å². The molecule has 0 aliphatic heterocycles. The summed E-state index contributed by atoms with van der Waals surface area (Å²) in [5, 5.41) is 16.0. The fourth-order valence-electron chi connectivity index (χ4n) is 1.34. The fourth-order valence-corrected chi connectivity index (χ4v) is 1.34. The monoisotopic (exact) mass is 203 g/mol. The SMILES string of the molecule is O=C(O)Cc1cccc(-n2cnnc2)c1. The molecule has 0 spiro atoms. The molecular weight excluding hydrogens is 194 g/mol. The van der Waals surface area contributed by atoms with Gasteiger partial charge in [-0.3, -0.25) is 9.36 Å². The summed E-state index contributed by atoms with van der Waals surface area (Å²) in [5.41, 5.74) is 1.62. The van der Waals surface area contributed by atoms with Crippen LogP contribution in [-0.4, -0.2) is 25.8 Å². The van der Waals surface area contributed by atoms with Crippen molar-refractivity contribution in [3.05, 3.63) is 42.5 Å². The Hall–Kier alpha value is -2.17. The number of carboxylic acids is 1. The molecule has 5 heteroatoms. The zero-order valence-electron chi connectivity index (χ0n) is 7.87. The number of benzene rings is 1. The average molecular weight is 203 g/mol. The van der Waals surface area contributed by atoms with Crippen LogP contribution in [0.5, 0.6) is 0 Å². The van der Waals surface area contributed by atoms with Gasteiger partial charge in [0, 0.05) is 5.69 Å². The Morgan fingerprint density at radius 2 is 2.07 bits per heavy atom. The quantitative estimate of drug-likeness (QED) is 0.804. The third-order valence-electron chi connectivity index (χ3n) is 1.98. The molecule has 0 fully saturated rings. The van der Waals surface area contributed by atoms with Crippen LogP contribution in [0.2, 0.25) is 0 Å². The molecule has 0 amide bonds. The first-order valence-electron chi connectivity index (χ1n) is 4.41. The van der Waals surface area contributed by atoms with Crippen molar-refractivity contribution in [1.82, 2.24) is 14.8 Å². The molecule has 0 saturated carbocycles. The number of nitrogens with zero attached hydrogens (tertiary/aromatic N) is 3. The number of hydrogen-bond donors (Lipinski definition) is 1. The molecule has 0 unspecified atom stereocenters. The normalized spacial score (nSPS) is 10.1. The molecule has 76 valence electrons. The van der Waals surface area contributed by atoms with Crippen molar-refractivity contribution in [2.24, 2.45) is 0 Å². The lowest BCUT2D eigenvalue weighted by atomic mass is 10.1. The van der Waals surface area contributed by atoms with Crippen LogP contribution < -0.4 is 0 Å². The van der Waals surface area contributed by atoms with Gasteiger partial charge in [0.2, 0.25) is 0 Å². The highest BCUT2D eigenvalue weighted by Gasteiger charge is 2.02. The van der Waals surface area contributed by atoms with Gasteiger partial charge in [-0.1, -0.05) is 12.1 Å². The minimum Gasteiger partial charge on any atom is -0.481 e. The van der Waals surface area contributed by atoms with E-state index in [4.69, 9.17) is 5.11 Å². The summed E-state index contributed by atoms with van der Waals surface area (Å²) >= 11 is 0. The van der Waals surface area contributed by atoms with Crippen LogP contribution in [0.4, 0.5) is 0 Å². The van der Waals surface area contributed by atoms with Crippen LogP contribution in [-0.2, 0) is 11.2 Å². The summed E-state index contributed by atoms with van der Waals surface area (Å²) in [6.45, 7) is 0. The van der Waals surface area contributed by atoms with E-state index in [1.54, 1.807) is 29.4 Å². The van der Waals surface area contributed by atoms with Crippen molar-refractivity contribution in [3.8, 4) is 5.69 Å². The first kappa shape index (κ1) is 9.39. The smallest absolute Gasteiger partial charge is 0.307 e. The van der Waals surface area contributed by atoms with E-state index < -0.39 is 5.97 Å². The van der Waals surface area contributed by atoms with Crippen LogP contribution in [0.3, 0.4) is 0 Å². The zero-order chi connectivity index (χ0) is 10.7. The van der Waals surface area contributed by atoms with Crippen LogP contribution in [0.15, 0.2) is 36.9 Å². The summed E-state index contributed by atoms with van der Waals surface area (Å²) in [5.74, 6) is -0.837. The Kier molecular flexibility index (Phi) is 2.45. The van der Waals surface area contributed by atoms with Gasteiger partial charge in [-0.25, -0.2) is 0 Å². The zero-order valence-corrected chi connectivity index (χ0v) is 7.87. The van der Waals surface area contributed by atoms with E-state index in [-0.39, 0.29) is 6.42 Å². The number of rotatable bonds is 3. The van der Waals surface area contributed by atoms with Gasteiger partial charge < -0.3 is 5.11 Å². The van der Waals surface area contributed by atoms with E-state index in [0.717, 1.165) is 11.3 Å². The van der Waals surface area contributed by atoms with Crippen LogP contribution in [0.25, 0.3) is 5.69 Å². The Morgan fingerprint density at radius 1 is 1.33 bits per heavy atom. The van der Waals surface area contributed by atoms with E-state index in [2.05, 4.69) is 10.2 Å². The maximum absolute atomic E-state index is 10.5. The van der Waals surface area contributed by atoms with Gasteiger partial charge in [-0.05, 0) is 17.7 Å². The number of aromatic nitrogens is 3. The molecule has 0 bridgehead atoms. The van der Waals surface area contributed by atoms with Crippen molar-refractivity contribution in [2.75, 3.05) is 0 Å². The van der Waals surface area contributed by atoms with Crippen molar-refractivity contribution in [1.29, 1.82) is 0 Å². The molecule has 0 saturated heterocycles. The average Bonchev–Trinajstić information content (AvgIpc) is 2.69. The highest BCUT2D eigenvalue weighted by atomic mass is 16.4. The minimum absolute atomic E-state index is 0.0238. The summed E-state index contributed by atoms with van der Waals surface area (Å²) < 4.78 is 1.73. The molecule has 0 aliphatic rings. The second-order valence-electron chi connectivity index (χ2n) is 3.11. The van der Waals surface area contributed by atoms with Crippen molar-refractivity contribution in [2.45, 2.75) is 6.42 Å². The Balaban J connectivity index is 2.31. The molecule has 1 aromatic carbocycles. The van der Waals surface area contributed by atoms with Crippen LogP contribution in [0.1, 0.15) is 5.56 Å². The lowest BCUT2D eigenvalue weighted by molar-refractivity contribution is -0.136. The lowest BCUT2D eigenvalue weighted by Crippen LogP contribution is -2.01. The van der Waals surface area contributed by atoms with Gasteiger partial charge in [-0.15, -0.1) is 10.2 Å². The lowest BCUT2D eigenvalue weighted by Gasteiger charge is -2.02. The van der Waals surface area contributed by atoms with Gasteiger partial charge >= 0.3 is 5.97 Å². The van der Waals surface area contributed by atoms with Gasteiger partial charge in [0.1, 0.15) is 12.7 Å². The maximum atomic E-state index is 10.5. The van der Waals surface area contributed by atoms with E-state index >= 15 is 0 Å². The van der Waals surface area contributed by atoms with Crippen molar-refractivity contribution in [3.63, 3.8) is 0 Å². The second-order valence-corrected chi connectivity index (χ2v) is 3.11. The number of carboxylic acid groups (broad SMARTS) is 1. The summed E-state index contributed by atoms with van der Waals surface area (Å²) in [7, 11) is 0. The number of aliphatic carboxylic acids is 1. The van der Waals surface area contributed by atoms with Gasteiger partial charge in [0.15, 0.2) is 0 Å².